The maximum absolute atomic E-state index is 5.92. The monoisotopic (exact) mass is 342 g/mol. The number of aryl methyl sites for hydroxylation is 1. The van der Waals surface area contributed by atoms with Crippen molar-refractivity contribution in [3.8, 4) is 28.3 Å². The van der Waals surface area contributed by atoms with Gasteiger partial charge >= 0.3 is 0 Å². The second kappa shape index (κ2) is 7.19. The van der Waals surface area contributed by atoms with Gasteiger partial charge in [0.25, 0.3) is 0 Å². The molecule has 0 fully saturated rings. The molecule has 5 heteroatoms. The number of aromatic nitrogens is 4. The van der Waals surface area contributed by atoms with Crippen LogP contribution in [0.2, 0.25) is 0 Å². The molecule has 5 nitrogen and oxygen atoms in total. The van der Waals surface area contributed by atoms with Gasteiger partial charge in [-0.15, -0.1) is 0 Å². The van der Waals surface area contributed by atoms with Crippen molar-refractivity contribution >= 4 is 0 Å². The van der Waals surface area contributed by atoms with Gasteiger partial charge in [-0.2, -0.15) is 5.10 Å². The van der Waals surface area contributed by atoms with Gasteiger partial charge in [0, 0.05) is 24.2 Å². The molecule has 0 saturated heterocycles. The average molecular weight is 342 g/mol. The molecule has 0 atom stereocenters. The van der Waals surface area contributed by atoms with Crippen molar-refractivity contribution < 1.29 is 4.74 Å². The third-order valence-corrected chi connectivity index (χ3v) is 4.14. The fraction of sp³-hybridized carbons (Fsp3) is 0.0952. The minimum Gasteiger partial charge on any atom is -0.473 e. The second-order valence-corrected chi connectivity index (χ2v) is 6.06. The van der Waals surface area contributed by atoms with Crippen molar-refractivity contribution in [2.24, 2.45) is 0 Å². The third kappa shape index (κ3) is 3.47. The molecular weight excluding hydrogens is 324 g/mol. The van der Waals surface area contributed by atoms with E-state index in [4.69, 9.17) is 4.74 Å². The van der Waals surface area contributed by atoms with Crippen LogP contribution >= 0.6 is 0 Å². The summed E-state index contributed by atoms with van der Waals surface area (Å²) in [5, 5.41) is 7.01. The molecule has 3 aromatic heterocycles. The molecule has 3 heterocycles. The van der Waals surface area contributed by atoms with E-state index in [0.717, 1.165) is 33.5 Å². The molecule has 0 spiro atoms. The first kappa shape index (κ1) is 16.0. The van der Waals surface area contributed by atoms with Crippen LogP contribution in [0.3, 0.4) is 0 Å². The minimum absolute atomic E-state index is 0.460. The summed E-state index contributed by atoms with van der Waals surface area (Å²) in [7, 11) is 0. The molecule has 128 valence electrons. The Balaban J connectivity index is 1.46. The molecule has 26 heavy (non-hydrogen) atoms. The van der Waals surface area contributed by atoms with E-state index < -0.39 is 0 Å². The van der Waals surface area contributed by atoms with Gasteiger partial charge in [0.2, 0.25) is 5.88 Å². The standard InChI is InChI=1S/C21H18N4O/c1-15-2-7-20(23-12-15)18-5-3-16(4-6-18)14-26-21-19(13-24-25-21)17-8-10-22-11-9-17/h2-13H,14H2,1H3,(H,24,25). The van der Waals surface area contributed by atoms with Crippen molar-refractivity contribution in [1.29, 1.82) is 0 Å². The Kier molecular flexibility index (Phi) is 4.43. The molecule has 0 aliphatic carbocycles. The minimum atomic E-state index is 0.460. The van der Waals surface area contributed by atoms with Crippen LogP contribution in [0.4, 0.5) is 0 Å². The first-order valence-electron chi connectivity index (χ1n) is 8.38. The number of rotatable bonds is 5. The number of hydrogen-bond donors (Lipinski definition) is 1. The van der Waals surface area contributed by atoms with Crippen LogP contribution in [-0.2, 0) is 6.61 Å². The summed E-state index contributed by atoms with van der Waals surface area (Å²) in [6, 6.07) is 16.2. The lowest BCUT2D eigenvalue weighted by atomic mass is 10.1. The molecule has 0 aliphatic rings. The Morgan fingerprint density at radius 3 is 2.42 bits per heavy atom. The van der Waals surface area contributed by atoms with E-state index in [9.17, 15) is 0 Å². The first-order chi connectivity index (χ1) is 12.8. The molecular formula is C21H18N4O. The van der Waals surface area contributed by atoms with E-state index in [2.05, 4.69) is 50.5 Å². The van der Waals surface area contributed by atoms with E-state index in [1.54, 1.807) is 18.6 Å². The molecule has 0 radical (unpaired) electrons. The van der Waals surface area contributed by atoms with Gasteiger partial charge in [0.05, 0.1) is 17.5 Å². The Bertz CT molecular complexity index is 977. The molecule has 4 aromatic rings. The zero-order chi connectivity index (χ0) is 17.8. The van der Waals surface area contributed by atoms with Crippen molar-refractivity contribution in [3.63, 3.8) is 0 Å². The predicted octanol–water partition coefficient (Wildman–Crippen LogP) is 4.42. The SMILES string of the molecule is Cc1ccc(-c2ccc(COc3[nH]ncc3-c3ccncc3)cc2)nc1. The Morgan fingerprint density at radius 1 is 0.885 bits per heavy atom. The van der Waals surface area contributed by atoms with Crippen molar-refractivity contribution in [1.82, 2.24) is 20.2 Å². The zero-order valence-corrected chi connectivity index (χ0v) is 14.4. The van der Waals surface area contributed by atoms with Gasteiger partial charge in [0.1, 0.15) is 6.61 Å². The van der Waals surface area contributed by atoms with Crippen LogP contribution in [0, 0.1) is 6.92 Å². The first-order valence-corrected chi connectivity index (χ1v) is 8.38. The molecule has 1 aromatic carbocycles. The highest BCUT2D eigenvalue weighted by Crippen LogP contribution is 2.27. The summed E-state index contributed by atoms with van der Waals surface area (Å²) >= 11 is 0. The molecule has 0 bridgehead atoms. The van der Waals surface area contributed by atoms with Gasteiger partial charge in [-0.05, 0) is 41.8 Å². The van der Waals surface area contributed by atoms with E-state index >= 15 is 0 Å². The normalized spacial score (nSPS) is 10.7. The lowest BCUT2D eigenvalue weighted by Gasteiger charge is -2.08. The Labute approximate surface area is 151 Å². The fourth-order valence-electron chi connectivity index (χ4n) is 2.69. The molecule has 0 aliphatic heterocycles. The van der Waals surface area contributed by atoms with Crippen molar-refractivity contribution in [3.05, 3.63) is 84.4 Å². The third-order valence-electron chi connectivity index (χ3n) is 4.14. The van der Waals surface area contributed by atoms with Gasteiger partial charge in [0.15, 0.2) is 0 Å². The molecule has 0 unspecified atom stereocenters. The largest absolute Gasteiger partial charge is 0.473 e. The van der Waals surface area contributed by atoms with Gasteiger partial charge in [-0.1, -0.05) is 30.3 Å². The van der Waals surface area contributed by atoms with E-state index in [0.29, 0.717) is 12.5 Å². The molecule has 1 N–H and O–H groups in total. The highest BCUT2D eigenvalue weighted by Gasteiger charge is 2.09. The zero-order valence-electron chi connectivity index (χ0n) is 14.4. The van der Waals surface area contributed by atoms with Crippen molar-refractivity contribution in [2.75, 3.05) is 0 Å². The summed E-state index contributed by atoms with van der Waals surface area (Å²) in [6.07, 6.45) is 7.15. The molecule has 4 rings (SSSR count). The van der Waals surface area contributed by atoms with E-state index in [1.807, 2.05) is 31.3 Å². The smallest absolute Gasteiger partial charge is 0.217 e. The summed E-state index contributed by atoms with van der Waals surface area (Å²) in [4.78, 5) is 8.50. The molecule has 0 amide bonds. The van der Waals surface area contributed by atoms with Crippen molar-refractivity contribution in [2.45, 2.75) is 13.5 Å². The number of pyridine rings is 2. The van der Waals surface area contributed by atoms with Crippen LogP contribution in [0.1, 0.15) is 11.1 Å². The van der Waals surface area contributed by atoms with Gasteiger partial charge in [-0.3, -0.25) is 9.97 Å². The maximum atomic E-state index is 5.92. The van der Waals surface area contributed by atoms with E-state index in [-0.39, 0.29) is 0 Å². The quantitative estimate of drug-likeness (QED) is 0.583. The molecule has 0 saturated carbocycles. The highest BCUT2D eigenvalue weighted by molar-refractivity contribution is 5.67. The number of hydrogen-bond acceptors (Lipinski definition) is 4. The average Bonchev–Trinajstić information content (AvgIpc) is 3.17. The van der Waals surface area contributed by atoms with Gasteiger partial charge in [-0.25, -0.2) is 5.10 Å². The van der Waals surface area contributed by atoms with Crippen LogP contribution in [0.5, 0.6) is 5.88 Å². The second-order valence-electron chi connectivity index (χ2n) is 6.06. The summed E-state index contributed by atoms with van der Waals surface area (Å²) in [5.74, 6) is 0.653. The Hall–Kier alpha value is -3.47. The van der Waals surface area contributed by atoms with Crippen LogP contribution in [0.15, 0.2) is 73.3 Å². The fourth-order valence-corrected chi connectivity index (χ4v) is 2.69. The number of nitrogens with one attached hydrogen (secondary N) is 1. The number of aromatic amines is 1. The number of ether oxygens (including phenoxy) is 1. The summed E-state index contributed by atoms with van der Waals surface area (Å²) < 4.78 is 5.92. The maximum Gasteiger partial charge on any atom is 0.217 e. The van der Waals surface area contributed by atoms with Crippen LogP contribution in [0.25, 0.3) is 22.4 Å². The Morgan fingerprint density at radius 2 is 1.69 bits per heavy atom. The number of nitrogens with zero attached hydrogens (tertiary/aromatic N) is 3. The number of benzene rings is 1. The predicted molar refractivity (Wildman–Crippen MR) is 101 cm³/mol. The van der Waals surface area contributed by atoms with Gasteiger partial charge < -0.3 is 4.74 Å². The lowest BCUT2D eigenvalue weighted by molar-refractivity contribution is 0.294. The summed E-state index contributed by atoms with van der Waals surface area (Å²) in [5.41, 5.74) is 6.24. The van der Waals surface area contributed by atoms with Crippen LogP contribution < -0.4 is 4.74 Å². The number of H-pyrrole nitrogens is 1. The highest BCUT2D eigenvalue weighted by atomic mass is 16.5. The summed E-state index contributed by atoms with van der Waals surface area (Å²) in [6.45, 7) is 2.49. The van der Waals surface area contributed by atoms with Crippen LogP contribution in [-0.4, -0.2) is 20.2 Å². The lowest BCUT2D eigenvalue weighted by Crippen LogP contribution is -1.97. The topological polar surface area (TPSA) is 63.7 Å². The van der Waals surface area contributed by atoms with E-state index in [1.165, 1.54) is 0 Å².